The molecular formula is C32H38ClN5O4S. The number of aliphatic hydroxyl groups is 1. The first-order valence-corrected chi connectivity index (χ1v) is 15.3. The normalized spacial score (nSPS) is 12.6. The fourth-order valence-electron chi connectivity index (χ4n) is 4.47. The number of nitrogen functional groups attached to an aromatic ring is 1. The maximum atomic E-state index is 12.8. The van der Waals surface area contributed by atoms with Crippen molar-refractivity contribution in [3.05, 3.63) is 125 Å². The van der Waals surface area contributed by atoms with Gasteiger partial charge in [-0.25, -0.2) is 18.1 Å². The number of halogens is 1. The summed E-state index contributed by atoms with van der Waals surface area (Å²) in [5.41, 5.74) is 9.82. The first kappa shape index (κ1) is 33.7. The molecule has 4 rings (SSSR count). The monoisotopic (exact) mass is 623 g/mol. The molecule has 11 heteroatoms. The summed E-state index contributed by atoms with van der Waals surface area (Å²) < 4.78 is 28.2. The molecule has 4 aromatic rings. The molecule has 3 aromatic carbocycles. The van der Waals surface area contributed by atoms with Crippen LogP contribution in [-0.4, -0.2) is 37.0 Å². The molecule has 0 aliphatic rings. The van der Waals surface area contributed by atoms with Gasteiger partial charge in [0.1, 0.15) is 5.82 Å². The molecule has 0 saturated heterocycles. The lowest BCUT2D eigenvalue weighted by Crippen LogP contribution is -2.32. The number of nitrogens with two attached hydrogens (primary N) is 1. The maximum Gasteiger partial charge on any atom is 0.240 e. The lowest BCUT2D eigenvalue weighted by atomic mass is 10.0. The lowest BCUT2D eigenvalue weighted by molar-refractivity contribution is -0.120. The van der Waals surface area contributed by atoms with Crippen molar-refractivity contribution in [1.82, 2.24) is 20.3 Å². The average Bonchev–Trinajstić information content (AvgIpc) is 2.99. The third-order valence-corrected chi connectivity index (χ3v) is 8.16. The molecule has 9 nitrogen and oxygen atoms in total. The molecule has 0 spiro atoms. The summed E-state index contributed by atoms with van der Waals surface area (Å²) in [7, 11) is -3.70. The van der Waals surface area contributed by atoms with Crippen LogP contribution in [0.2, 0.25) is 0 Å². The number of carbonyl (C=O) groups excluding carboxylic acids is 1. The highest BCUT2D eigenvalue weighted by molar-refractivity contribution is 7.89. The van der Waals surface area contributed by atoms with Gasteiger partial charge < -0.3 is 21.5 Å². The van der Waals surface area contributed by atoms with E-state index in [-0.39, 0.29) is 48.8 Å². The van der Waals surface area contributed by atoms with Gasteiger partial charge in [0.2, 0.25) is 15.9 Å². The van der Waals surface area contributed by atoms with Crippen molar-refractivity contribution >= 4 is 34.2 Å². The second-order valence-electron chi connectivity index (χ2n) is 10.3. The predicted octanol–water partition coefficient (Wildman–Crippen LogP) is 3.68. The maximum absolute atomic E-state index is 12.8. The Hall–Kier alpha value is -3.80. The van der Waals surface area contributed by atoms with Crippen LogP contribution in [0.3, 0.4) is 0 Å². The Morgan fingerprint density at radius 3 is 2.33 bits per heavy atom. The van der Waals surface area contributed by atoms with E-state index in [9.17, 15) is 18.3 Å². The van der Waals surface area contributed by atoms with Crippen molar-refractivity contribution < 1.29 is 18.3 Å². The van der Waals surface area contributed by atoms with E-state index in [1.807, 2.05) is 61.5 Å². The first-order valence-electron chi connectivity index (χ1n) is 13.8. The van der Waals surface area contributed by atoms with E-state index in [4.69, 9.17) is 5.73 Å². The van der Waals surface area contributed by atoms with Gasteiger partial charge in [-0.3, -0.25) is 4.79 Å². The van der Waals surface area contributed by atoms with Crippen LogP contribution in [0.5, 0.6) is 0 Å². The molecule has 0 unspecified atom stereocenters. The van der Waals surface area contributed by atoms with Crippen molar-refractivity contribution in [1.29, 1.82) is 0 Å². The standard InChI is InChI=1S/C32H37N5O4S.ClH/c1-23(34-22-30(38)28-13-14-31(33)35-21-28)15-25-9-5-10-26(16-25)18-32(39)36-19-27-11-6-12-29(17-27)42(40,41)37-20-24-7-3-2-4-8-24;/h2-14,16-17,21,23,30,34,37-38H,15,18-20,22H2,1H3,(H2,33,35)(H,36,39);1H/t23-,30+;/m1./s1. The number of anilines is 1. The molecule has 0 saturated carbocycles. The van der Waals surface area contributed by atoms with Crippen LogP contribution in [0, 0.1) is 0 Å². The van der Waals surface area contributed by atoms with E-state index >= 15 is 0 Å². The van der Waals surface area contributed by atoms with E-state index in [2.05, 4.69) is 20.3 Å². The lowest BCUT2D eigenvalue weighted by Gasteiger charge is -2.18. The zero-order valence-electron chi connectivity index (χ0n) is 23.9. The molecule has 0 bridgehead atoms. The number of pyridine rings is 1. The quantitative estimate of drug-likeness (QED) is 0.144. The van der Waals surface area contributed by atoms with Gasteiger partial charge in [0.05, 0.1) is 17.4 Å². The smallest absolute Gasteiger partial charge is 0.240 e. The van der Waals surface area contributed by atoms with Gasteiger partial charge in [-0.1, -0.05) is 72.8 Å². The van der Waals surface area contributed by atoms with Crippen LogP contribution in [0.25, 0.3) is 0 Å². The van der Waals surface area contributed by atoms with Crippen LogP contribution in [-0.2, 0) is 40.7 Å². The number of amides is 1. The highest BCUT2D eigenvalue weighted by Gasteiger charge is 2.15. The van der Waals surface area contributed by atoms with Crippen molar-refractivity contribution in [2.45, 2.75) is 49.9 Å². The third-order valence-electron chi connectivity index (χ3n) is 6.76. The number of benzene rings is 3. The van der Waals surface area contributed by atoms with Gasteiger partial charge in [-0.05, 0) is 53.8 Å². The topological polar surface area (TPSA) is 146 Å². The van der Waals surface area contributed by atoms with Gasteiger partial charge >= 0.3 is 0 Å². The number of hydrogen-bond acceptors (Lipinski definition) is 7. The second kappa shape index (κ2) is 16.2. The number of nitrogens with zero attached hydrogens (tertiary/aromatic N) is 1. The van der Waals surface area contributed by atoms with Gasteiger partial charge in [0, 0.05) is 37.4 Å². The summed E-state index contributed by atoms with van der Waals surface area (Å²) in [4.78, 5) is 16.9. The van der Waals surface area contributed by atoms with Gasteiger partial charge in [0.15, 0.2) is 0 Å². The second-order valence-corrected chi connectivity index (χ2v) is 12.0. The Balaban J connectivity index is 0.00000506. The van der Waals surface area contributed by atoms with E-state index in [0.29, 0.717) is 23.5 Å². The van der Waals surface area contributed by atoms with E-state index in [1.54, 1.807) is 36.5 Å². The highest BCUT2D eigenvalue weighted by atomic mass is 35.5. The van der Waals surface area contributed by atoms with Crippen LogP contribution in [0.1, 0.15) is 40.8 Å². The number of rotatable bonds is 14. The molecule has 1 aromatic heterocycles. The molecule has 1 heterocycles. The largest absolute Gasteiger partial charge is 0.387 e. The van der Waals surface area contributed by atoms with E-state index in [1.165, 1.54) is 6.07 Å². The van der Waals surface area contributed by atoms with Crippen LogP contribution >= 0.6 is 12.4 Å². The highest BCUT2D eigenvalue weighted by Crippen LogP contribution is 2.15. The SMILES string of the molecule is C[C@H](Cc1cccc(CC(=O)NCc2cccc(S(=O)(=O)NCc3ccccc3)c2)c1)NC[C@H](O)c1ccc(N)nc1.Cl. The number of nitrogens with one attached hydrogen (secondary N) is 3. The van der Waals surface area contributed by atoms with Crippen molar-refractivity contribution in [3.63, 3.8) is 0 Å². The first-order chi connectivity index (χ1) is 20.2. The Labute approximate surface area is 259 Å². The minimum atomic E-state index is -3.70. The molecule has 1 amide bonds. The van der Waals surface area contributed by atoms with Gasteiger partial charge in [0.25, 0.3) is 0 Å². The molecule has 2 atom stereocenters. The molecule has 0 aliphatic carbocycles. The van der Waals surface area contributed by atoms with Crippen LogP contribution in [0.4, 0.5) is 5.82 Å². The number of aromatic nitrogens is 1. The van der Waals surface area contributed by atoms with Gasteiger partial charge in [-0.2, -0.15) is 0 Å². The van der Waals surface area contributed by atoms with Gasteiger partial charge in [-0.15, -0.1) is 12.4 Å². The summed E-state index contributed by atoms with van der Waals surface area (Å²) in [6.07, 6.45) is 1.81. The van der Waals surface area contributed by atoms with Crippen LogP contribution < -0.4 is 21.1 Å². The Bertz CT molecular complexity index is 1570. The Morgan fingerprint density at radius 2 is 1.58 bits per heavy atom. The summed E-state index contributed by atoms with van der Waals surface area (Å²) in [6.45, 7) is 2.83. The number of hydrogen-bond donors (Lipinski definition) is 5. The third kappa shape index (κ3) is 10.8. The molecular weight excluding hydrogens is 586 g/mol. The summed E-state index contributed by atoms with van der Waals surface area (Å²) in [5.74, 6) is 0.252. The molecule has 0 fully saturated rings. The predicted molar refractivity (Wildman–Crippen MR) is 171 cm³/mol. The number of aliphatic hydroxyl groups excluding tert-OH is 1. The van der Waals surface area contributed by atoms with Crippen molar-refractivity contribution in [2.24, 2.45) is 0 Å². The van der Waals surface area contributed by atoms with Crippen molar-refractivity contribution in [3.8, 4) is 0 Å². The molecule has 0 aliphatic heterocycles. The minimum Gasteiger partial charge on any atom is -0.387 e. The zero-order valence-corrected chi connectivity index (χ0v) is 25.6. The Kier molecular flexibility index (Phi) is 12.7. The minimum absolute atomic E-state index is 0. The molecule has 228 valence electrons. The summed E-state index contributed by atoms with van der Waals surface area (Å²) >= 11 is 0. The number of carbonyl (C=O) groups is 1. The van der Waals surface area contributed by atoms with Crippen LogP contribution in [0.15, 0.2) is 102 Å². The molecule has 6 N–H and O–H groups in total. The molecule has 43 heavy (non-hydrogen) atoms. The average molecular weight is 624 g/mol. The molecule has 0 radical (unpaired) electrons. The zero-order chi connectivity index (χ0) is 30.0. The van der Waals surface area contributed by atoms with E-state index in [0.717, 1.165) is 23.1 Å². The Morgan fingerprint density at radius 1 is 0.884 bits per heavy atom. The summed E-state index contributed by atoms with van der Waals surface area (Å²) in [5, 5.41) is 16.6. The summed E-state index contributed by atoms with van der Waals surface area (Å²) in [6, 6.07) is 27.2. The fraction of sp³-hybridized carbons (Fsp3) is 0.250. The number of sulfonamides is 1. The van der Waals surface area contributed by atoms with Crippen molar-refractivity contribution in [2.75, 3.05) is 12.3 Å². The fourth-order valence-corrected chi connectivity index (χ4v) is 5.55. The van der Waals surface area contributed by atoms with E-state index < -0.39 is 16.1 Å².